The first-order chi connectivity index (χ1) is 21.9. The molecule has 218 valence electrons. The largest absolute Gasteiger partial charge is 0.0622 e. The second kappa shape index (κ2) is 15.8. The summed E-state index contributed by atoms with van der Waals surface area (Å²) in [6.07, 6.45) is 4.46. The highest BCUT2D eigenvalue weighted by Gasteiger charge is 2.37. The highest BCUT2D eigenvalue weighted by molar-refractivity contribution is 7.77. The highest BCUT2D eigenvalue weighted by Crippen LogP contribution is 2.54. The molecular weight excluding hydrogens is 566 g/mol. The Bertz CT molecular complexity index is 1430. The molecule has 44 heavy (non-hydrogen) atoms. The molecule has 2 atom stereocenters. The molecule has 0 saturated heterocycles. The van der Waals surface area contributed by atoms with Crippen molar-refractivity contribution in [1.29, 1.82) is 0 Å². The summed E-state index contributed by atoms with van der Waals surface area (Å²) in [6.45, 7) is 0. The summed E-state index contributed by atoms with van der Waals surface area (Å²) < 4.78 is 0. The summed E-state index contributed by atoms with van der Waals surface area (Å²) >= 11 is 0. The lowest BCUT2D eigenvalue weighted by atomic mass is 10.0. The van der Waals surface area contributed by atoms with E-state index in [9.17, 15) is 0 Å². The van der Waals surface area contributed by atoms with E-state index >= 15 is 0 Å². The van der Waals surface area contributed by atoms with Crippen LogP contribution in [0.3, 0.4) is 0 Å². The Kier molecular flexibility index (Phi) is 10.8. The molecule has 0 aliphatic rings. The van der Waals surface area contributed by atoms with E-state index in [0.717, 1.165) is 25.7 Å². The monoisotopic (exact) mass is 606 g/mol. The number of aryl methyl sites for hydroxylation is 2. The van der Waals surface area contributed by atoms with Crippen molar-refractivity contribution in [2.24, 2.45) is 0 Å². The van der Waals surface area contributed by atoms with Crippen LogP contribution in [0.15, 0.2) is 182 Å². The molecule has 0 fully saturated rings. The molecule has 0 aliphatic carbocycles. The van der Waals surface area contributed by atoms with Gasteiger partial charge in [-0.2, -0.15) is 0 Å². The van der Waals surface area contributed by atoms with E-state index in [2.05, 4.69) is 182 Å². The molecule has 0 aromatic heterocycles. The van der Waals surface area contributed by atoms with Gasteiger partial charge in [0.1, 0.15) is 0 Å². The molecule has 0 spiro atoms. The molecule has 0 nitrogen and oxygen atoms in total. The smallest absolute Gasteiger partial charge is 0.00518 e. The lowest BCUT2D eigenvalue weighted by molar-refractivity contribution is 0.662. The molecule has 6 aromatic carbocycles. The zero-order chi connectivity index (χ0) is 29.8. The lowest BCUT2D eigenvalue weighted by Crippen LogP contribution is -2.36. The fourth-order valence-corrected chi connectivity index (χ4v) is 13.0. The van der Waals surface area contributed by atoms with Gasteiger partial charge in [0, 0.05) is 0 Å². The maximum atomic E-state index is 2.38. The third kappa shape index (κ3) is 7.81. The third-order valence-electron chi connectivity index (χ3n) is 8.39. The maximum absolute atomic E-state index is 2.38. The summed E-state index contributed by atoms with van der Waals surface area (Å²) in [5.41, 5.74) is 3.84. The summed E-state index contributed by atoms with van der Waals surface area (Å²) in [4.78, 5) is 0. The van der Waals surface area contributed by atoms with Gasteiger partial charge in [-0.3, -0.25) is 0 Å². The first-order valence-corrected chi connectivity index (χ1v) is 18.6. The fourth-order valence-electron chi connectivity index (χ4n) is 6.32. The van der Waals surface area contributed by atoms with Gasteiger partial charge in [-0.1, -0.05) is 182 Å². The molecule has 0 N–H and O–H groups in total. The minimum Gasteiger partial charge on any atom is -0.0622 e. The van der Waals surface area contributed by atoms with Gasteiger partial charge in [0.2, 0.25) is 0 Å². The van der Waals surface area contributed by atoms with Crippen molar-refractivity contribution < 1.29 is 0 Å². The van der Waals surface area contributed by atoms with Crippen LogP contribution in [0.2, 0.25) is 0 Å². The molecule has 2 unspecified atom stereocenters. The Hall–Kier alpha value is -3.82. The van der Waals surface area contributed by atoms with E-state index < -0.39 is 15.8 Å². The highest BCUT2D eigenvalue weighted by atomic mass is 31.1. The Morgan fingerprint density at radius 2 is 0.523 bits per heavy atom. The Labute approximate surface area is 266 Å². The molecule has 6 aromatic rings. The molecule has 6 rings (SSSR count). The van der Waals surface area contributed by atoms with Gasteiger partial charge in [-0.05, 0) is 85.2 Å². The van der Waals surface area contributed by atoms with Crippen molar-refractivity contribution in [3.63, 3.8) is 0 Å². The second-order valence-electron chi connectivity index (χ2n) is 11.3. The van der Waals surface area contributed by atoms with Gasteiger partial charge in [0.05, 0.1) is 0 Å². The molecule has 0 heterocycles. The SMILES string of the molecule is c1ccc(CCC(C(CCc2ccccc2)P(c2ccccc2)c2ccccc2)P(c2ccccc2)c2ccccc2)cc1. The predicted molar refractivity (Wildman–Crippen MR) is 195 cm³/mol. The molecule has 0 amide bonds. The van der Waals surface area contributed by atoms with E-state index in [4.69, 9.17) is 0 Å². The second-order valence-corrected chi connectivity index (χ2v) is 16.1. The van der Waals surface area contributed by atoms with Crippen LogP contribution in [-0.2, 0) is 12.8 Å². The van der Waals surface area contributed by atoms with Crippen LogP contribution in [0.4, 0.5) is 0 Å². The van der Waals surface area contributed by atoms with E-state index in [-0.39, 0.29) is 0 Å². The average molecular weight is 607 g/mol. The van der Waals surface area contributed by atoms with Crippen molar-refractivity contribution in [3.8, 4) is 0 Å². The normalized spacial score (nSPS) is 12.7. The Balaban J connectivity index is 1.53. The molecular formula is C42H40P2. The van der Waals surface area contributed by atoms with Gasteiger partial charge in [-0.15, -0.1) is 0 Å². The van der Waals surface area contributed by atoms with Crippen LogP contribution >= 0.6 is 15.8 Å². The van der Waals surface area contributed by atoms with Gasteiger partial charge >= 0.3 is 0 Å². The first-order valence-electron chi connectivity index (χ1n) is 15.7. The zero-order valence-corrected chi connectivity index (χ0v) is 27.0. The van der Waals surface area contributed by atoms with Crippen molar-refractivity contribution in [3.05, 3.63) is 193 Å². The molecule has 0 bridgehead atoms. The summed E-state index contributed by atoms with van der Waals surface area (Å²) in [5.74, 6) is 0. The Morgan fingerprint density at radius 1 is 0.295 bits per heavy atom. The van der Waals surface area contributed by atoms with E-state index in [0.29, 0.717) is 11.3 Å². The van der Waals surface area contributed by atoms with E-state index in [1.807, 2.05) is 0 Å². The minimum absolute atomic E-state index is 0.491. The maximum Gasteiger partial charge on any atom is -0.00518 e. The van der Waals surface area contributed by atoms with Crippen LogP contribution in [0.25, 0.3) is 0 Å². The number of hydrogen-bond acceptors (Lipinski definition) is 0. The summed E-state index contributed by atoms with van der Waals surface area (Å²) in [7, 11) is -1.25. The van der Waals surface area contributed by atoms with E-state index in [1.165, 1.54) is 32.3 Å². The number of benzene rings is 6. The van der Waals surface area contributed by atoms with Crippen LogP contribution in [0, 0.1) is 0 Å². The van der Waals surface area contributed by atoms with Crippen LogP contribution in [0.5, 0.6) is 0 Å². The lowest BCUT2D eigenvalue weighted by Gasteiger charge is -2.40. The van der Waals surface area contributed by atoms with Crippen molar-refractivity contribution in [2.75, 3.05) is 0 Å². The van der Waals surface area contributed by atoms with Gasteiger partial charge in [0.15, 0.2) is 0 Å². The predicted octanol–water partition coefficient (Wildman–Crippen LogP) is 9.26. The Morgan fingerprint density at radius 3 is 0.773 bits per heavy atom. The fraction of sp³-hybridized carbons (Fsp3) is 0.143. The molecule has 2 heteroatoms. The number of rotatable bonds is 13. The van der Waals surface area contributed by atoms with Crippen LogP contribution in [0.1, 0.15) is 24.0 Å². The van der Waals surface area contributed by atoms with E-state index in [1.54, 1.807) is 0 Å². The van der Waals surface area contributed by atoms with Gasteiger partial charge in [0.25, 0.3) is 0 Å². The summed E-state index contributed by atoms with van der Waals surface area (Å²) in [6, 6.07) is 67.8. The van der Waals surface area contributed by atoms with Crippen LogP contribution < -0.4 is 21.2 Å². The third-order valence-corrected chi connectivity index (χ3v) is 14.6. The van der Waals surface area contributed by atoms with Crippen molar-refractivity contribution >= 4 is 37.1 Å². The standard InChI is InChI=1S/C42H40P2/c1-7-19-35(20-8-1)31-33-41(43(37-23-11-3-12-24-37)38-25-13-4-14-26-38)42(34-32-36-21-9-2-10-22-36)44(39-27-15-5-16-28-39)40-29-17-6-18-30-40/h1-30,41-42H,31-34H2. The van der Waals surface area contributed by atoms with Crippen molar-refractivity contribution in [2.45, 2.75) is 37.0 Å². The first kappa shape index (κ1) is 30.2. The molecule has 0 saturated carbocycles. The molecule has 0 radical (unpaired) electrons. The molecule has 0 aliphatic heterocycles. The number of hydrogen-bond donors (Lipinski definition) is 0. The zero-order valence-electron chi connectivity index (χ0n) is 25.2. The minimum atomic E-state index is -0.627. The van der Waals surface area contributed by atoms with Gasteiger partial charge < -0.3 is 0 Å². The van der Waals surface area contributed by atoms with Crippen molar-refractivity contribution in [1.82, 2.24) is 0 Å². The quantitative estimate of drug-likeness (QED) is 0.115. The average Bonchev–Trinajstić information content (AvgIpc) is 3.11. The van der Waals surface area contributed by atoms with Gasteiger partial charge in [-0.25, -0.2) is 0 Å². The topological polar surface area (TPSA) is 0 Å². The summed E-state index contributed by atoms with van der Waals surface area (Å²) in [5, 5.41) is 5.92. The van der Waals surface area contributed by atoms with Crippen LogP contribution in [-0.4, -0.2) is 11.3 Å².